The third-order valence-electron chi connectivity index (χ3n) is 2.59. The minimum atomic E-state index is -0.149. The number of hydrogen-bond acceptors (Lipinski definition) is 5. The van der Waals surface area contributed by atoms with Crippen molar-refractivity contribution >= 4 is 11.6 Å². The summed E-state index contributed by atoms with van der Waals surface area (Å²) in [5.41, 5.74) is -0.149. The van der Waals surface area contributed by atoms with E-state index >= 15 is 0 Å². The number of fused-ring (bicyclic) bond motifs is 1. The zero-order chi connectivity index (χ0) is 11.0. The summed E-state index contributed by atoms with van der Waals surface area (Å²) in [4.78, 5) is 22.0. The van der Waals surface area contributed by atoms with E-state index in [1.807, 2.05) is 4.90 Å². The van der Waals surface area contributed by atoms with Gasteiger partial charge in [-0.3, -0.25) is 9.89 Å². The average molecular weight is 221 g/mol. The summed E-state index contributed by atoms with van der Waals surface area (Å²) in [6.45, 7) is 2.85. The number of rotatable bonds is 1. The maximum absolute atomic E-state index is 11.7. The Balaban J connectivity index is 2.06. The summed E-state index contributed by atoms with van der Waals surface area (Å²) in [6, 6.07) is 1.51. The lowest BCUT2D eigenvalue weighted by molar-refractivity contribution is 0.122. The molecule has 1 N–H and O–H groups in total. The Morgan fingerprint density at radius 3 is 3.00 bits per heavy atom. The van der Waals surface area contributed by atoms with Crippen LogP contribution in [0.2, 0.25) is 0 Å². The minimum absolute atomic E-state index is 0.149. The van der Waals surface area contributed by atoms with Crippen LogP contribution in [0.15, 0.2) is 17.2 Å². The first-order chi connectivity index (χ1) is 7.84. The Bertz CT molecular complexity index is 554. The van der Waals surface area contributed by atoms with E-state index in [1.165, 1.54) is 16.9 Å². The molecule has 84 valence electrons. The van der Waals surface area contributed by atoms with Gasteiger partial charge in [-0.1, -0.05) is 0 Å². The van der Waals surface area contributed by atoms with Gasteiger partial charge in [-0.25, -0.2) is 4.98 Å². The van der Waals surface area contributed by atoms with E-state index in [1.54, 1.807) is 0 Å². The smallest absolute Gasteiger partial charge is 0.276 e. The molecule has 0 aliphatic carbocycles. The number of aromatic amines is 1. The first-order valence-electron chi connectivity index (χ1n) is 5.10. The van der Waals surface area contributed by atoms with E-state index in [4.69, 9.17) is 4.74 Å². The normalized spacial score (nSPS) is 16.9. The van der Waals surface area contributed by atoms with E-state index in [9.17, 15) is 4.79 Å². The van der Waals surface area contributed by atoms with Gasteiger partial charge in [0.2, 0.25) is 0 Å². The van der Waals surface area contributed by atoms with Gasteiger partial charge in [0.1, 0.15) is 12.1 Å². The molecule has 0 bridgehead atoms. The monoisotopic (exact) mass is 221 g/mol. The van der Waals surface area contributed by atoms with Gasteiger partial charge in [-0.15, -0.1) is 0 Å². The van der Waals surface area contributed by atoms with Crippen LogP contribution >= 0.6 is 0 Å². The second-order valence-corrected chi connectivity index (χ2v) is 3.57. The molecule has 7 nitrogen and oxygen atoms in total. The lowest BCUT2D eigenvalue weighted by atomic mass is 10.4. The topological polar surface area (TPSA) is 75.5 Å². The highest BCUT2D eigenvalue weighted by molar-refractivity contribution is 5.43. The Morgan fingerprint density at radius 2 is 2.19 bits per heavy atom. The van der Waals surface area contributed by atoms with Gasteiger partial charge in [0.05, 0.1) is 13.2 Å². The number of H-pyrrole nitrogens is 1. The Hall–Kier alpha value is -1.89. The van der Waals surface area contributed by atoms with Crippen molar-refractivity contribution in [1.82, 2.24) is 19.6 Å². The molecule has 3 heterocycles. The molecule has 0 radical (unpaired) electrons. The van der Waals surface area contributed by atoms with Crippen LogP contribution in [0, 0.1) is 0 Å². The van der Waals surface area contributed by atoms with E-state index in [0.717, 1.165) is 13.1 Å². The summed E-state index contributed by atoms with van der Waals surface area (Å²) in [5.74, 6) is 1.06. The van der Waals surface area contributed by atoms with Crippen LogP contribution in [-0.2, 0) is 4.74 Å². The first kappa shape index (κ1) is 9.34. The number of anilines is 1. The van der Waals surface area contributed by atoms with Crippen LogP contribution in [0.1, 0.15) is 0 Å². The average Bonchev–Trinajstić information content (AvgIpc) is 2.79. The molecule has 3 rings (SSSR count). The zero-order valence-electron chi connectivity index (χ0n) is 8.59. The largest absolute Gasteiger partial charge is 0.378 e. The molecule has 0 unspecified atom stereocenters. The summed E-state index contributed by atoms with van der Waals surface area (Å²) in [7, 11) is 0. The molecule has 2 aromatic heterocycles. The molecule has 0 amide bonds. The molecule has 16 heavy (non-hydrogen) atoms. The van der Waals surface area contributed by atoms with Crippen molar-refractivity contribution in [2.45, 2.75) is 0 Å². The molecule has 0 atom stereocenters. The van der Waals surface area contributed by atoms with Crippen molar-refractivity contribution in [2.24, 2.45) is 0 Å². The highest BCUT2D eigenvalue weighted by Crippen LogP contribution is 2.10. The van der Waals surface area contributed by atoms with Crippen molar-refractivity contribution in [3.8, 4) is 0 Å². The number of nitrogens with zero attached hydrogens (tertiary/aromatic N) is 4. The SMILES string of the molecule is O=c1cc(N2CCOCC2)nc2nc[nH]n12. The Morgan fingerprint density at radius 1 is 1.38 bits per heavy atom. The maximum atomic E-state index is 11.7. The van der Waals surface area contributed by atoms with Crippen molar-refractivity contribution in [3.05, 3.63) is 22.7 Å². The van der Waals surface area contributed by atoms with Crippen LogP contribution < -0.4 is 10.5 Å². The van der Waals surface area contributed by atoms with Crippen molar-refractivity contribution < 1.29 is 4.74 Å². The van der Waals surface area contributed by atoms with E-state index in [-0.39, 0.29) is 5.56 Å². The second kappa shape index (κ2) is 3.60. The van der Waals surface area contributed by atoms with E-state index in [0.29, 0.717) is 24.8 Å². The molecule has 7 heteroatoms. The van der Waals surface area contributed by atoms with Crippen LogP contribution in [-0.4, -0.2) is 45.9 Å². The highest BCUT2D eigenvalue weighted by atomic mass is 16.5. The van der Waals surface area contributed by atoms with Crippen LogP contribution in [0.4, 0.5) is 5.82 Å². The third kappa shape index (κ3) is 1.45. The predicted molar refractivity (Wildman–Crippen MR) is 56.6 cm³/mol. The summed E-state index contributed by atoms with van der Waals surface area (Å²) in [6.07, 6.45) is 1.45. The fraction of sp³-hybridized carbons (Fsp3) is 0.444. The standard InChI is InChI=1S/C9H11N5O2/c15-8-5-7(13-1-3-16-4-2-13)12-9-10-6-11-14(8)9/h5-6H,1-4H2,(H,10,11,12). The molecule has 2 aromatic rings. The fourth-order valence-corrected chi connectivity index (χ4v) is 1.77. The Kier molecular flexibility index (Phi) is 2.10. The third-order valence-corrected chi connectivity index (χ3v) is 2.59. The van der Waals surface area contributed by atoms with Gasteiger partial charge in [-0.2, -0.15) is 9.50 Å². The summed E-state index contributed by atoms with van der Waals surface area (Å²) in [5, 5.41) is 2.71. The fourth-order valence-electron chi connectivity index (χ4n) is 1.77. The van der Waals surface area contributed by atoms with Gasteiger partial charge < -0.3 is 9.64 Å². The summed E-state index contributed by atoms with van der Waals surface area (Å²) < 4.78 is 6.56. The van der Waals surface area contributed by atoms with Gasteiger partial charge >= 0.3 is 0 Å². The lowest BCUT2D eigenvalue weighted by Crippen LogP contribution is -2.37. The van der Waals surface area contributed by atoms with E-state index in [2.05, 4.69) is 15.1 Å². The molecule has 0 aromatic carbocycles. The second-order valence-electron chi connectivity index (χ2n) is 3.57. The highest BCUT2D eigenvalue weighted by Gasteiger charge is 2.14. The van der Waals surface area contributed by atoms with Gasteiger partial charge in [0.15, 0.2) is 0 Å². The number of nitrogens with one attached hydrogen (secondary N) is 1. The quantitative estimate of drug-likeness (QED) is 0.686. The predicted octanol–water partition coefficient (Wildman–Crippen LogP) is -0.746. The van der Waals surface area contributed by atoms with Crippen molar-refractivity contribution in [1.29, 1.82) is 0 Å². The molecule has 1 fully saturated rings. The maximum Gasteiger partial charge on any atom is 0.276 e. The number of morpholine rings is 1. The molecule has 1 aliphatic heterocycles. The first-order valence-corrected chi connectivity index (χ1v) is 5.10. The van der Waals surface area contributed by atoms with Gasteiger partial charge in [0, 0.05) is 19.2 Å². The lowest BCUT2D eigenvalue weighted by Gasteiger charge is -2.27. The molecular weight excluding hydrogens is 210 g/mol. The Labute approximate surface area is 90.7 Å². The van der Waals surface area contributed by atoms with Crippen LogP contribution in [0.3, 0.4) is 0 Å². The van der Waals surface area contributed by atoms with Gasteiger partial charge in [-0.05, 0) is 0 Å². The minimum Gasteiger partial charge on any atom is -0.378 e. The molecule has 1 saturated heterocycles. The molecule has 1 aliphatic rings. The summed E-state index contributed by atoms with van der Waals surface area (Å²) >= 11 is 0. The van der Waals surface area contributed by atoms with Crippen molar-refractivity contribution in [3.63, 3.8) is 0 Å². The molecule has 0 saturated carbocycles. The van der Waals surface area contributed by atoms with E-state index < -0.39 is 0 Å². The molecule has 0 spiro atoms. The number of hydrogen-bond donors (Lipinski definition) is 1. The molecular formula is C9H11N5O2. The van der Waals surface area contributed by atoms with Gasteiger partial charge in [0.25, 0.3) is 11.3 Å². The van der Waals surface area contributed by atoms with Crippen LogP contribution in [0.25, 0.3) is 5.78 Å². The number of aromatic nitrogens is 4. The van der Waals surface area contributed by atoms with Crippen molar-refractivity contribution in [2.75, 3.05) is 31.2 Å². The zero-order valence-corrected chi connectivity index (χ0v) is 8.59. The number of ether oxygens (including phenoxy) is 1. The van der Waals surface area contributed by atoms with Crippen LogP contribution in [0.5, 0.6) is 0 Å².